The lowest BCUT2D eigenvalue weighted by atomic mass is 9.88. The van der Waals surface area contributed by atoms with Crippen LogP contribution in [0.5, 0.6) is 0 Å². The van der Waals surface area contributed by atoms with E-state index >= 15 is 0 Å². The highest BCUT2D eigenvalue weighted by molar-refractivity contribution is 5.90. The Kier molecular flexibility index (Phi) is 5.28. The fourth-order valence-electron chi connectivity index (χ4n) is 2.00. The molecule has 1 saturated heterocycles. The Morgan fingerprint density at radius 1 is 1.05 bits per heavy atom. The van der Waals surface area contributed by atoms with Crippen LogP contribution in [0.25, 0.3) is 0 Å². The van der Waals surface area contributed by atoms with Crippen molar-refractivity contribution in [3.05, 3.63) is 0 Å². The summed E-state index contributed by atoms with van der Waals surface area (Å²) in [5, 5.41) is 27.9. The lowest BCUT2D eigenvalue weighted by Gasteiger charge is -2.23. The van der Waals surface area contributed by atoms with Crippen LogP contribution < -0.4 is 0 Å². The van der Waals surface area contributed by atoms with Gasteiger partial charge in [0.15, 0.2) is 0 Å². The zero-order chi connectivity index (χ0) is 14.5. The number of carboxylic acids is 2. The predicted molar refractivity (Wildman–Crippen MR) is 63.1 cm³/mol. The molecule has 3 N–H and O–H groups in total. The number of hydrogen-bond donors (Lipinski definition) is 3. The van der Waals surface area contributed by atoms with E-state index in [1.807, 2.05) is 0 Å². The summed E-state index contributed by atoms with van der Waals surface area (Å²) in [5.74, 6) is -5.74. The van der Waals surface area contributed by atoms with Gasteiger partial charge < -0.3 is 15.3 Å². The fourth-order valence-corrected chi connectivity index (χ4v) is 2.00. The van der Waals surface area contributed by atoms with Gasteiger partial charge in [-0.2, -0.15) is 9.78 Å². The van der Waals surface area contributed by atoms with Crippen LogP contribution in [0.2, 0.25) is 0 Å². The van der Waals surface area contributed by atoms with Crippen molar-refractivity contribution in [1.29, 1.82) is 0 Å². The third kappa shape index (κ3) is 3.23. The van der Waals surface area contributed by atoms with E-state index in [-0.39, 0.29) is 6.42 Å². The first-order valence-electron chi connectivity index (χ1n) is 6.46. The minimum Gasteiger partial charge on any atom is -0.479 e. The minimum atomic E-state index is -2.55. The lowest BCUT2D eigenvalue weighted by Crippen LogP contribution is -2.56. The number of unbranched alkanes of at least 4 members (excludes halogenated alkanes) is 5. The Morgan fingerprint density at radius 2 is 1.58 bits per heavy atom. The molecule has 7 heteroatoms. The van der Waals surface area contributed by atoms with Crippen molar-refractivity contribution in [2.45, 2.75) is 63.3 Å². The molecule has 0 radical (unpaired) electrons. The zero-order valence-electron chi connectivity index (χ0n) is 10.9. The van der Waals surface area contributed by atoms with Crippen LogP contribution in [0, 0.1) is 0 Å². The molecule has 19 heavy (non-hydrogen) atoms. The summed E-state index contributed by atoms with van der Waals surface area (Å²) in [5.41, 5.74) is -2.55. The van der Waals surface area contributed by atoms with Crippen molar-refractivity contribution in [2.24, 2.45) is 0 Å². The maximum absolute atomic E-state index is 11.1. The van der Waals surface area contributed by atoms with Crippen molar-refractivity contribution in [2.75, 3.05) is 0 Å². The van der Waals surface area contributed by atoms with E-state index in [2.05, 4.69) is 16.7 Å². The Bertz CT molecular complexity index is 337. The van der Waals surface area contributed by atoms with Gasteiger partial charge in [0, 0.05) is 0 Å². The molecular weight excluding hydrogens is 256 g/mol. The summed E-state index contributed by atoms with van der Waals surface area (Å²) in [6, 6.07) is 0. The summed E-state index contributed by atoms with van der Waals surface area (Å²) in [6.45, 7) is 2.08. The maximum Gasteiger partial charge on any atom is 0.374 e. The molecule has 1 fully saturated rings. The van der Waals surface area contributed by atoms with E-state index in [1.54, 1.807) is 0 Å². The highest BCUT2D eigenvalue weighted by Gasteiger charge is 2.75. The van der Waals surface area contributed by atoms with Gasteiger partial charge in [0.2, 0.25) is 5.60 Å². The molecule has 0 amide bonds. The molecule has 0 saturated carbocycles. The van der Waals surface area contributed by atoms with E-state index in [1.165, 1.54) is 0 Å². The van der Waals surface area contributed by atoms with E-state index in [0.29, 0.717) is 6.42 Å². The summed E-state index contributed by atoms with van der Waals surface area (Å²) in [4.78, 5) is 30.5. The van der Waals surface area contributed by atoms with E-state index in [9.17, 15) is 14.7 Å². The molecule has 0 bridgehead atoms. The van der Waals surface area contributed by atoms with Gasteiger partial charge in [-0.3, -0.25) is 0 Å². The molecule has 0 aliphatic carbocycles. The second-order valence-electron chi connectivity index (χ2n) is 4.77. The normalized spacial score (nSPS) is 19.7. The largest absolute Gasteiger partial charge is 0.479 e. The molecule has 1 aliphatic heterocycles. The van der Waals surface area contributed by atoms with Crippen molar-refractivity contribution in [3.8, 4) is 0 Å². The van der Waals surface area contributed by atoms with Gasteiger partial charge in [0.05, 0.1) is 0 Å². The first-order valence-corrected chi connectivity index (χ1v) is 6.46. The van der Waals surface area contributed by atoms with Crippen molar-refractivity contribution < 1.29 is 34.7 Å². The highest BCUT2D eigenvalue weighted by atomic mass is 17.4. The standard InChI is InChI=1S/C12H20O7/c1-2-3-4-5-6-7-8-11(17,9(13)14)12(10(15)16)18-19-12/h17H,2-8H2,1H3,(H,13,14)(H,15,16). The maximum atomic E-state index is 11.1. The summed E-state index contributed by atoms with van der Waals surface area (Å²) >= 11 is 0. The lowest BCUT2D eigenvalue weighted by molar-refractivity contribution is -0.180. The van der Waals surface area contributed by atoms with Crippen LogP contribution >= 0.6 is 0 Å². The SMILES string of the molecule is CCCCCCCCC(O)(C(=O)O)C1(C(=O)O)OO1. The average molecular weight is 276 g/mol. The first kappa shape index (κ1) is 15.9. The van der Waals surface area contributed by atoms with Crippen LogP contribution in [0.15, 0.2) is 0 Å². The van der Waals surface area contributed by atoms with Crippen molar-refractivity contribution in [3.63, 3.8) is 0 Å². The fraction of sp³-hybridized carbons (Fsp3) is 0.833. The molecule has 1 heterocycles. The van der Waals surface area contributed by atoms with Gasteiger partial charge in [-0.1, -0.05) is 39.0 Å². The Labute approximate surface area is 111 Å². The molecule has 0 spiro atoms. The average Bonchev–Trinajstić information content (AvgIpc) is 3.14. The molecule has 1 aliphatic rings. The second-order valence-corrected chi connectivity index (χ2v) is 4.77. The molecular formula is C12H20O7. The Hall–Kier alpha value is -1.18. The molecule has 0 aromatic rings. The molecule has 7 nitrogen and oxygen atoms in total. The number of aliphatic hydroxyl groups is 1. The van der Waals surface area contributed by atoms with Crippen LogP contribution in [0.3, 0.4) is 0 Å². The predicted octanol–water partition coefficient (Wildman–Crippen LogP) is 1.30. The summed E-state index contributed by atoms with van der Waals surface area (Å²) < 4.78 is 0. The van der Waals surface area contributed by atoms with Crippen LogP contribution in [0.1, 0.15) is 51.9 Å². The Balaban J connectivity index is 2.50. The van der Waals surface area contributed by atoms with Crippen LogP contribution in [-0.4, -0.2) is 38.6 Å². The first-order chi connectivity index (χ1) is 8.90. The number of carbonyl (C=O) groups is 2. The van der Waals surface area contributed by atoms with Crippen LogP contribution in [-0.2, 0) is 19.4 Å². The Morgan fingerprint density at radius 3 is 2.00 bits per heavy atom. The second kappa shape index (κ2) is 6.31. The smallest absolute Gasteiger partial charge is 0.374 e. The topological polar surface area (TPSA) is 120 Å². The zero-order valence-corrected chi connectivity index (χ0v) is 10.9. The van der Waals surface area contributed by atoms with Crippen LogP contribution in [0.4, 0.5) is 0 Å². The number of aliphatic carboxylic acids is 2. The third-order valence-electron chi connectivity index (χ3n) is 3.32. The quantitative estimate of drug-likeness (QED) is 0.312. The van der Waals surface area contributed by atoms with Gasteiger partial charge in [-0.15, -0.1) is 0 Å². The van der Waals surface area contributed by atoms with E-state index in [0.717, 1.165) is 32.1 Å². The van der Waals surface area contributed by atoms with E-state index < -0.39 is 23.3 Å². The molecule has 1 unspecified atom stereocenters. The monoisotopic (exact) mass is 276 g/mol. The van der Waals surface area contributed by atoms with Crippen molar-refractivity contribution in [1.82, 2.24) is 0 Å². The number of hydrogen-bond acceptors (Lipinski definition) is 5. The summed E-state index contributed by atoms with van der Waals surface area (Å²) in [6.07, 6.45) is 5.07. The molecule has 0 aromatic heterocycles. The number of carboxylic acid groups (broad SMARTS) is 2. The van der Waals surface area contributed by atoms with Gasteiger partial charge in [0.1, 0.15) is 0 Å². The minimum absolute atomic E-state index is 0.221. The van der Waals surface area contributed by atoms with E-state index in [4.69, 9.17) is 10.2 Å². The highest BCUT2D eigenvalue weighted by Crippen LogP contribution is 2.43. The van der Waals surface area contributed by atoms with Gasteiger partial charge >= 0.3 is 17.7 Å². The van der Waals surface area contributed by atoms with Crippen molar-refractivity contribution >= 4 is 11.9 Å². The molecule has 110 valence electrons. The van der Waals surface area contributed by atoms with Gasteiger partial charge in [-0.25, -0.2) is 9.59 Å². The molecule has 1 atom stereocenters. The van der Waals surface area contributed by atoms with Gasteiger partial charge in [0.25, 0.3) is 0 Å². The van der Waals surface area contributed by atoms with Gasteiger partial charge in [-0.05, 0) is 12.8 Å². The molecule has 0 aromatic carbocycles. The summed E-state index contributed by atoms with van der Waals surface area (Å²) in [7, 11) is 0. The number of rotatable bonds is 10. The third-order valence-corrected chi connectivity index (χ3v) is 3.32. The molecule has 1 rings (SSSR count).